The molecule has 5 heteroatoms. The Hall–Kier alpha value is -2.27. The topological polar surface area (TPSA) is 58.1 Å². The van der Waals surface area contributed by atoms with Crippen LogP contribution in [-0.4, -0.2) is 40.4 Å². The van der Waals surface area contributed by atoms with Crippen molar-refractivity contribution in [3.05, 3.63) is 60.2 Å². The Morgan fingerprint density at radius 2 is 1.69 bits per heavy atom. The van der Waals surface area contributed by atoms with Crippen LogP contribution in [0.25, 0.3) is 0 Å². The molecule has 0 aromatic carbocycles. The van der Waals surface area contributed by atoms with Crippen LogP contribution in [0.5, 0.6) is 0 Å². The Morgan fingerprint density at radius 1 is 0.966 bits per heavy atom. The van der Waals surface area contributed by atoms with Gasteiger partial charge in [0.25, 0.3) is 5.91 Å². The van der Waals surface area contributed by atoms with Crippen molar-refractivity contribution in [2.24, 2.45) is 11.8 Å². The summed E-state index contributed by atoms with van der Waals surface area (Å²) in [6, 6.07) is 11.3. The second-order valence-electron chi connectivity index (χ2n) is 8.56. The number of nitrogens with one attached hydrogen (secondary N) is 1. The predicted molar refractivity (Wildman–Crippen MR) is 114 cm³/mol. The molecule has 1 aliphatic heterocycles. The molecule has 2 aromatic heterocycles. The van der Waals surface area contributed by atoms with Crippen molar-refractivity contribution in [3.63, 3.8) is 0 Å². The molecular formula is C24H32N4O. The summed E-state index contributed by atoms with van der Waals surface area (Å²) in [5, 5.41) is 3.23. The summed E-state index contributed by atoms with van der Waals surface area (Å²) >= 11 is 0. The summed E-state index contributed by atoms with van der Waals surface area (Å²) in [4.78, 5) is 24.2. The molecule has 154 valence electrons. The average molecular weight is 393 g/mol. The van der Waals surface area contributed by atoms with E-state index in [1.165, 1.54) is 38.6 Å². The standard InChI is InChI=1S/C24H32N4O/c29-24(22-11-5-7-15-26-22)27-23(21-10-4-6-14-25-21)20-12-16-28(17-13-20)18-19-8-2-1-3-9-19/h4-7,10-11,14-15,19-20,23H,1-3,8-9,12-13,16-18H2,(H,27,29). The van der Waals surface area contributed by atoms with Gasteiger partial charge in [-0.15, -0.1) is 0 Å². The summed E-state index contributed by atoms with van der Waals surface area (Å²) in [5.74, 6) is 1.17. The number of hydrogen-bond acceptors (Lipinski definition) is 4. The average Bonchev–Trinajstić information content (AvgIpc) is 2.80. The number of carbonyl (C=O) groups excluding carboxylic acids is 1. The zero-order valence-electron chi connectivity index (χ0n) is 17.2. The highest BCUT2D eigenvalue weighted by atomic mass is 16.1. The molecule has 2 aromatic rings. The van der Waals surface area contributed by atoms with Gasteiger partial charge in [0.2, 0.25) is 0 Å². The lowest BCUT2D eigenvalue weighted by molar-refractivity contribution is 0.0873. The first-order chi connectivity index (χ1) is 14.3. The fourth-order valence-corrected chi connectivity index (χ4v) is 4.91. The van der Waals surface area contributed by atoms with Crippen LogP contribution >= 0.6 is 0 Å². The lowest BCUT2D eigenvalue weighted by Gasteiger charge is -2.38. The molecule has 0 radical (unpaired) electrons. The van der Waals surface area contributed by atoms with Crippen LogP contribution in [0.3, 0.4) is 0 Å². The molecule has 1 saturated carbocycles. The molecule has 1 aliphatic carbocycles. The van der Waals surface area contributed by atoms with Crippen molar-refractivity contribution < 1.29 is 4.79 Å². The Labute approximate surface area is 173 Å². The maximum Gasteiger partial charge on any atom is 0.270 e. The highest BCUT2D eigenvalue weighted by molar-refractivity contribution is 5.92. The normalized spacial score (nSPS) is 20.3. The van der Waals surface area contributed by atoms with Crippen LogP contribution < -0.4 is 5.32 Å². The second kappa shape index (κ2) is 9.97. The van der Waals surface area contributed by atoms with Gasteiger partial charge in [-0.25, -0.2) is 0 Å². The quantitative estimate of drug-likeness (QED) is 0.799. The van der Waals surface area contributed by atoms with Gasteiger partial charge in [-0.3, -0.25) is 14.8 Å². The number of aromatic nitrogens is 2. The van der Waals surface area contributed by atoms with Crippen molar-refractivity contribution in [3.8, 4) is 0 Å². The SMILES string of the molecule is O=C(NC(c1ccccn1)C1CCN(CC2CCCCC2)CC1)c1ccccn1. The first-order valence-electron chi connectivity index (χ1n) is 11.1. The van der Waals surface area contributed by atoms with E-state index in [2.05, 4.69) is 20.2 Å². The molecule has 0 spiro atoms. The van der Waals surface area contributed by atoms with E-state index in [9.17, 15) is 4.79 Å². The molecular weight excluding hydrogens is 360 g/mol. The molecule has 1 saturated heterocycles. The lowest BCUT2D eigenvalue weighted by atomic mass is 9.85. The zero-order valence-corrected chi connectivity index (χ0v) is 17.2. The maximum atomic E-state index is 12.8. The molecule has 2 aliphatic rings. The third kappa shape index (κ3) is 5.41. The molecule has 1 N–H and O–H groups in total. The Balaban J connectivity index is 1.40. The van der Waals surface area contributed by atoms with Crippen molar-refractivity contribution in [2.45, 2.75) is 51.0 Å². The first kappa shape index (κ1) is 20.0. The van der Waals surface area contributed by atoms with Gasteiger partial charge >= 0.3 is 0 Å². The third-order valence-electron chi connectivity index (χ3n) is 6.54. The van der Waals surface area contributed by atoms with Gasteiger partial charge in [0.05, 0.1) is 11.7 Å². The van der Waals surface area contributed by atoms with E-state index in [4.69, 9.17) is 0 Å². The van der Waals surface area contributed by atoms with Gasteiger partial charge in [0.15, 0.2) is 0 Å². The highest BCUT2D eigenvalue weighted by Crippen LogP contribution is 2.32. The molecule has 1 atom stereocenters. The second-order valence-corrected chi connectivity index (χ2v) is 8.56. The molecule has 1 amide bonds. The highest BCUT2D eigenvalue weighted by Gasteiger charge is 2.31. The van der Waals surface area contributed by atoms with Crippen LogP contribution in [0.15, 0.2) is 48.8 Å². The molecule has 2 fully saturated rings. The van der Waals surface area contributed by atoms with Gasteiger partial charge in [0.1, 0.15) is 5.69 Å². The van der Waals surface area contributed by atoms with Crippen LogP contribution in [0.1, 0.15) is 67.2 Å². The number of amides is 1. The van der Waals surface area contributed by atoms with Crippen LogP contribution in [-0.2, 0) is 0 Å². The summed E-state index contributed by atoms with van der Waals surface area (Å²) in [7, 11) is 0. The summed E-state index contributed by atoms with van der Waals surface area (Å²) < 4.78 is 0. The molecule has 29 heavy (non-hydrogen) atoms. The van der Waals surface area contributed by atoms with Gasteiger partial charge in [-0.1, -0.05) is 31.4 Å². The number of rotatable bonds is 6. The number of carbonyl (C=O) groups is 1. The summed E-state index contributed by atoms with van der Waals surface area (Å²) in [5.41, 5.74) is 1.41. The van der Waals surface area contributed by atoms with E-state index in [1.807, 2.05) is 36.5 Å². The van der Waals surface area contributed by atoms with E-state index >= 15 is 0 Å². The summed E-state index contributed by atoms with van der Waals surface area (Å²) in [6.45, 7) is 3.48. The number of pyridine rings is 2. The number of likely N-dealkylation sites (tertiary alicyclic amines) is 1. The van der Waals surface area contributed by atoms with E-state index in [0.29, 0.717) is 11.6 Å². The van der Waals surface area contributed by atoms with Crippen molar-refractivity contribution in [1.82, 2.24) is 20.2 Å². The van der Waals surface area contributed by atoms with Gasteiger partial charge in [0, 0.05) is 18.9 Å². The first-order valence-corrected chi connectivity index (χ1v) is 11.1. The van der Waals surface area contributed by atoms with E-state index in [0.717, 1.165) is 37.5 Å². The summed E-state index contributed by atoms with van der Waals surface area (Å²) in [6.07, 6.45) is 12.7. The van der Waals surface area contributed by atoms with E-state index in [1.54, 1.807) is 12.3 Å². The molecule has 1 unspecified atom stereocenters. The van der Waals surface area contributed by atoms with E-state index < -0.39 is 0 Å². The van der Waals surface area contributed by atoms with E-state index in [-0.39, 0.29) is 11.9 Å². The minimum Gasteiger partial charge on any atom is -0.342 e. The van der Waals surface area contributed by atoms with Crippen molar-refractivity contribution in [2.75, 3.05) is 19.6 Å². The fourth-order valence-electron chi connectivity index (χ4n) is 4.91. The Kier molecular flexibility index (Phi) is 6.88. The predicted octanol–water partition coefficient (Wildman–Crippen LogP) is 4.24. The maximum absolute atomic E-state index is 12.8. The smallest absolute Gasteiger partial charge is 0.270 e. The number of hydrogen-bond donors (Lipinski definition) is 1. The molecule has 4 rings (SSSR count). The third-order valence-corrected chi connectivity index (χ3v) is 6.54. The van der Waals surface area contributed by atoms with Crippen LogP contribution in [0.4, 0.5) is 0 Å². The Bertz CT molecular complexity index is 753. The van der Waals surface area contributed by atoms with Crippen molar-refractivity contribution >= 4 is 5.91 Å². The number of nitrogens with zero attached hydrogens (tertiary/aromatic N) is 3. The minimum absolute atomic E-state index is 0.0671. The molecule has 3 heterocycles. The fraction of sp³-hybridized carbons (Fsp3) is 0.542. The minimum atomic E-state index is -0.120. The largest absolute Gasteiger partial charge is 0.342 e. The lowest BCUT2D eigenvalue weighted by Crippen LogP contribution is -2.42. The zero-order chi connectivity index (χ0) is 19.9. The van der Waals surface area contributed by atoms with Gasteiger partial charge < -0.3 is 10.2 Å². The van der Waals surface area contributed by atoms with Crippen molar-refractivity contribution in [1.29, 1.82) is 0 Å². The molecule has 5 nitrogen and oxygen atoms in total. The van der Waals surface area contributed by atoms with Crippen LogP contribution in [0.2, 0.25) is 0 Å². The van der Waals surface area contributed by atoms with Crippen LogP contribution in [0, 0.1) is 11.8 Å². The van der Waals surface area contributed by atoms with Gasteiger partial charge in [-0.2, -0.15) is 0 Å². The molecule has 0 bridgehead atoms. The van der Waals surface area contributed by atoms with Gasteiger partial charge in [-0.05, 0) is 74.9 Å². The number of piperidine rings is 1. The monoisotopic (exact) mass is 392 g/mol. The Morgan fingerprint density at radius 3 is 2.34 bits per heavy atom.